The zero-order chi connectivity index (χ0) is 14.1. The number of β-amino-alcohol motifs (C(OH)–C–C–N with tert-alkyl or cyclic N) is 1. The molecule has 1 aromatic heterocycles. The maximum Gasteiger partial charge on any atom is 0.232 e. The second kappa shape index (κ2) is 5.30. The van der Waals surface area contributed by atoms with E-state index in [-0.39, 0.29) is 18.9 Å². The van der Waals surface area contributed by atoms with Crippen molar-refractivity contribution in [1.29, 1.82) is 0 Å². The summed E-state index contributed by atoms with van der Waals surface area (Å²) in [7, 11) is 0. The van der Waals surface area contributed by atoms with Gasteiger partial charge in [0, 0.05) is 16.2 Å². The van der Waals surface area contributed by atoms with Crippen molar-refractivity contribution in [2.75, 3.05) is 11.4 Å². The van der Waals surface area contributed by atoms with E-state index in [0.29, 0.717) is 5.95 Å². The van der Waals surface area contributed by atoms with Gasteiger partial charge in [-0.15, -0.1) is 0 Å². The van der Waals surface area contributed by atoms with Gasteiger partial charge in [-0.3, -0.25) is 9.69 Å². The Hall–Kier alpha value is -1.79. The fourth-order valence-corrected chi connectivity index (χ4v) is 2.41. The number of amides is 1. The third kappa shape index (κ3) is 2.57. The van der Waals surface area contributed by atoms with Gasteiger partial charge < -0.3 is 5.11 Å². The number of carbonyl (C=O) groups is 1. The van der Waals surface area contributed by atoms with Crippen molar-refractivity contribution >= 4 is 27.8 Å². The van der Waals surface area contributed by atoms with Crippen LogP contribution < -0.4 is 4.90 Å². The Kier molecular flexibility index (Phi) is 3.50. The molecule has 1 N–H and O–H groups in total. The molecule has 1 aromatic carbocycles. The van der Waals surface area contributed by atoms with Crippen LogP contribution in [0.25, 0.3) is 11.3 Å². The number of anilines is 1. The van der Waals surface area contributed by atoms with Gasteiger partial charge in [0.1, 0.15) is 0 Å². The van der Waals surface area contributed by atoms with Gasteiger partial charge in [0.25, 0.3) is 0 Å². The zero-order valence-electron chi connectivity index (χ0n) is 10.5. The molecule has 0 spiro atoms. The standard InChI is InChI=1S/C14H12BrN3O2/c15-10-3-1-9(2-4-10)12-5-6-16-14(17-12)18-8-11(19)7-13(18)20/h1-6,11,19H,7-8H2. The van der Waals surface area contributed by atoms with Gasteiger partial charge in [0.15, 0.2) is 0 Å². The molecule has 1 amide bonds. The van der Waals surface area contributed by atoms with Crippen LogP contribution in [0, 0.1) is 0 Å². The first-order valence-electron chi connectivity index (χ1n) is 6.21. The third-order valence-corrected chi connectivity index (χ3v) is 3.66. The molecule has 20 heavy (non-hydrogen) atoms. The van der Waals surface area contributed by atoms with Crippen molar-refractivity contribution in [2.45, 2.75) is 12.5 Å². The number of carbonyl (C=O) groups excluding carboxylic acids is 1. The van der Waals surface area contributed by atoms with Crippen LogP contribution in [0.1, 0.15) is 6.42 Å². The summed E-state index contributed by atoms with van der Waals surface area (Å²) >= 11 is 3.39. The fourth-order valence-electron chi connectivity index (χ4n) is 2.14. The highest BCUT2D eigenvalue weighted by Gasteiger charge is 2.30. The second-order valence-electron chi connectivity index (χ2n) is 4.61. The Morgan fingerprint density at radius 1 is 1.25 bits per heavy atom. The molecule has 3 rings (SSSR count). The lowest BCUT2D eigenvalue weighted by Gasteiger charge is -2.14. The summed E-state index contributed by atoms with van der Waals surface area (Å²) in [5, 5.41) is 9.52. The number of aromatic nitrogens is 2. The lowest BCUT2D eigenvalue weighted by Crippen LogP contribution is -2.27. The first-order valence-corrected chi connectivity index (χ1v) is 7.00. The Balaban J connectivity index is 1.94. The average molecular weight is 334 g/mol. The van der Waals surface area contributed by atoms with Gasteiger partial charge in [-0.05, 0) is 18.2 Å². The van der Waals surface area contributed by atoms with Crippen LogP contribution in [0.15, 0.2) is 41.0 Å². The van der Waals surface area contributed by atoms with Gasteiger partial charge >= 0.3 is 0 Å². The summed E-state index contributed by atoms with van der Waals surface area (Å²) < 4.78 is 0.994. The molecule has 1 unspecified atom stereocenters. The summed E-state index contributed by atoms with van der Waals surface area (Å²) in [6.45, 7) is 0.253. The Morgan fingerprint density at radius 2 is 2.00 bits per heavy atom. The minimum absolute atomic E-state index is 0.131. The molecule has 1 aliphatic rings. The van der Waals surface area contributed by atoms with E-state index in [9.17, 15) is 9.90 Å². The maximum absolute atomic E-state index is 11.8. The number of halogens is 1. The fraction of sp³-hybridized carbons (Fsp3) is 0.214. The third-order valence-electron chi connectivity index (χ3n) is 3.13. The van der Waals surface area contributed by atoms with Gasteiger partial charge in [-0.2, -0.15) is 0 Å². The monoisotopic (exact) mass is 333 g/mol. The summed E-state index contributed by atoms with van der Waals surface area (Å²) in [6, 6.07) is 9.54. The van der Waals surface area contributed by atoms with Gasteiger partial charge in [0.05, 0.1) is 24.8 Å². The largest absolute Gasteiger partial charge is 0.391 e. The quantitative estimate of drug-likeness (QED) is 0.912. The number of rotatable bonds is 2. The summed E-state index contributed by atoms with van der Waals surface area (Å²) in [5.41, 5.74) is 1.70. The predicted octanol–water partition coefficient (Wildman–Crippen LogP) is 2.00. The van der Waals surface area contributed by atoms with Crippen LogP contribution in [0.5, 0.6) is 0 Å². The molecule has 0 aliphatic carbocycles. The molecule has 1 fully saturated rings. The molecule has 1 aliphatic heterocycles. The van der Waals surface area contributed by atoms with Crippen LogP contribution in [-0.2, 0) is 4.79 Å². The van der Waals surface area contributed by atoms with Crippen molar-refractivity contribution in [3.63, 3.8) is 0 Å². The molecular formula is C14H12BrN3O2. The molecule has 0 radical (unpaired) electrons. The Morgan fingerprint density at radius 3 is 2.65 bits per heavy atom. The van der Waals surface area contributed by atoms with E-state index < -0.39 is 6.10 Å². The molecule has 1 saturated heterocycles. The minimum Gasteiger partial charge on any atom is -0.391 e. The predicted molar refractivity (Wildman–Crippen MR) is 78.1 cm³/mol. The van der Waals surface area contributed by atoms with Crippen molar-refractivity contribution < 1.29 is 9.90 Å². The number of hydrogen-bond acceptors (Lipinski definition) is 4. The molecule has 102 valence electrons. The number of nitrogens with zero attached hydrogens (tertiary/aromatic N) is 3. The van der Waals surface area contributed by atoms with E-state index in [4.69, 9.17) is 0 Å². The van der Waals surface area contributed by atoms with Crippen LogP contribution >= 0.6 is 15.9 Å². The van der Waals surface area contributed by atoms with Crippen molar-refractivity contribution in [2.24, 2.45) is 0 Å². The maximum atomic E-state index is 11.8. The van der Waals surface area contributed by atoms with E-state index >= 15 is 0 Å². The molecule has 6 heteroatoms. The lowest BCUT2D eigenvalue weighted by molar-refractivity contribution is -0.117. The molecule has 1 atom stereocenters. The zero-order valence-corrected chi connectivity index (χ0v) is 12.1. The van der Waals surface area contributed by atoms with E-state index in [2.05, 4.69) is 25.9 Å². The van der Waals surface area contributed by atoms with E-state index in [1.54, 1.807) is 12.3 Å². The first kappa shape index (κ1) is 13.2. The smallest absolute Gasteiger partial charge is 0.232 e. The van der Waals surface area contributed by atoms with Gasteiger partial charge in [0.2, 0.25) is 11.9 Å². The van der Waals surface area contributed by atoms with Crippen molar-refractivity contribution in [1.82, 2.24) is 9.97 Å². The SMILES string of the molecule is O=C1CC(O)CN1c1nccc(-c2ccc(Br)cc2)n1. The van der Waals surface area contributed by atoms with E-state index in [0.717, 1.165) is 15.7 Å². The van der Waals surface area contributed by atoms with Crippen molar-refractivity contribution in [3.05, 3.63) is 41.0 Å². The van der Waals surface area contributed by atoms with Gasteiger partial charge in [-0.1, -0.05) is 28.1 Å². The molecule has 2 aromatic rings. The van der Waals surface area contributed by atoms with E-state index in [1.807, 2.05) is 24.3 Å². The average Bonchev–Trinajstić information content (AvgIpc) is 2.79. The summed E-state index contributed by atoms with van der Waals surface area (Å²) in [6.07, 6.45) is 1.12. The summed E-state index contributed by atoms with van der Waals surface area (Å²) in [5.74, 6) is 0.192. The molecule has 2 heterocycles. The molecule has 0 saturated carbocycles. The topological polar surface area (TPSA) is 66.3 Å². The van der Waals surface area contributed by atoms with Crippen molar-refractivity contribution in [3.8, 4) is 11.3 Å². The highest BCUT2D eigenvalue weighted by atomic mass is 79.9. The molecule has 5 nitrogen and oxygen atoms in total. The second-order valence-corrected chi connectivity index (χ2v) is 5.53. The number of aliphatic hydroxyl groups excluding tert-OH is 1. The molecule has 0 bridgehead atoms. The number of benzene rings is 1. The number of aliphatic hydroxyl groups is 1. The van der Waals surface area contributed by atoms with Gasteiger partial charge in [-0.25, -0.2) is 9.97 Å². The lowest BCUT2D eigenvalue weighted by atomic mass is 10.1. The normalized spacial score (nSPS) is 18.6. The minimum atomic E-state index is -0.637. The van der Waals surface area contributed by atoms with Crippen LogP contribution in [-0.4, -0.2) is 33.6 Å². The number of hydrogen-bond donors (Lipinski definition) is 1. The van der Waals surface area contributed by atoms with Crippen LogP contribution in [0.4, 0.5) is 5.95 Å². The van der Waals surface area contributed by atoms with E-state index in [1.165, 1.54) is 4.90 Å². The van der Waals surface area contributed by atoms with Crippen LogP contribution in [0.2, 0.25) is 0 Å². The first-order chi connectivity index (χ1) is 9.63. The highest BCUT2D eigenvalue weighted by molar-refractivity contribution is 9.10. The Bertz CT molecular complexity index is 645. The molecular weight excluding hydrogens is 322 g/mol. The highest BCUT2D eigenvalue weighted by Crippen LogP contribution is 2.23. The summed E-state index contributed by atoms with van der Waals surface area (Å²) in [4.78, 5) is 21.7. The Labute approximate surface area is 124 Å². The van der Waals surface area contributed by atoms with Crippen LogP contribution in [0.3, 0.4) is 0 Å².